The molecule has 0 heterocycles. The van der Waals surface area contributed by atoms with Crippen LogP contribution in [0.4, 0.5) is 0 Å². The fourth-order valence-electron chi connectivity index (χ4n) is 1.26. The van der Waals surface area contributed by atoms with Gasteiger partial charge in [-0.3, -0.25) is 4.79 Å². The number of carbonyl (C=O) groups is 1. The molecule has 0 aromatic carbocycles. The van der Waals surface area contributed by atoms with E-state index in [0.29, 0.717) is 13.0 Å². The Kier molecular flexibility index (Phi) is 7.11. The van der Waals surface area contributed by atoms with Crippen molar-refractivity contribution >= 4 is 5.91 Å². The standard InChI is InChI=1S/C11H22N2O/c1-5-9-13(10(3)4)11(14)7-8-12-6-2/h5,10,12H,1,6-9H2,2-4H3. The monoisotopic (exact) mass is 198 g/mol. The molecule has 0 saturated carbocycles. The highest BCUT2D eigenvalue weighted by Crippen LogP contribution is 2.01. The number of hydrogen-bond donors (Lipinski definition) is 1. The van der Waals surface area contributed by atoms with E-state index in [-0.39, 0.29) is 11.9 Å². The van der Waals surface area contributed by atoms with Crippen molar-refractivity contribution < 1.29 is 4.79 Å². The minimum absolute atomic E-state index is 0.195. The summed E-state index contributed by atoms with van der Waals surface area (Å²) in [6.45, 7) is 12.0. The Labute approximate surface area is 87.2 Å². The van der Waals surface area contributed by atoms with Crippen LogP contribution in [-0.2, 0) is 4.79 Å². The molecular weight excluding hydrogens is 176 g/mol. The number of nitrogens with zero attached hydrogens (tertiary/aromatic N) is 1. The van der Waals surface area contributed by atoms with Gasteiger partial charge in [0, 0.05) is 25.6 Å². The summed E-state index contributed by atoms with van der Waals surface area (Å²) < 4.78 is 0. The normalized spacial score (nSPS) is 10.3. The van der Waals surface area contributed by atoms with Crippen molar-refractivity contribution in [3.63, 3.8) is 0 Å². The third kappa shape index (κ3) is 5.02. The van der Waals surface area contributed by atoms with Crippen LogP contribution in [0, 0.1) is 0 Å². The molecule has 0 aromatic heterocycles. The maximum atomic E-state index is 11.7. The molecule has 14 heavy (non-hydrogen) atoms. The predicted molar refractivity (Wildman–Crippen MR) is 60.2 cm³/mol. The van der Waals surface area contributed by atoms with E-state index in [1.54, 1.807) is 6.08 Å². The van der Waals surface area contributed by atoms with Crippen LogP contribution in [0.1, 0.15) is 27.2 Å². The fraction of sp³-hybridized carbons (Fsp3) is 0.727. The maximum Gasteiger partial charge on any atom is 0.224 e. The molecule has 1 amide bonds. The van der Waals surface area contributed by atoms with Gasteiger partial charge in [0.2, 0.25) is 5.91 Å². The fourth-order valence-corrected chi connectivity index (χ4v) is 1.26. The molecule has 0 bridgehead atoms. The van der Waals surface area contributed by atoms with E-state index in [0.717, 1.165) is 13.1 Å². The largest absolute Gasteiger partial charge is 0.337 e. The zero-order chi connectivity index (χ0) is 11.0. The van der Waals surface area contributed by atoms with Crippen molar-refractivity contribution in [3.05, 3.63) is 12.7 Å². The van der Waals surface area contributed by atoms with Gasteiger partial charge in [0.15, 0.2) is 0 Å². The average molecular weight is 198 g/mol. The average Bonchev–Trinajstić information content (AvgIpc) is 2.13. The molecule has 0 spiro atoms. The van der Waals surface area contributed by atoms with Crippen LogP contribution in [-0.4, -0.2) is 36.5 Å². The first-order valence-electron chi connectivity index (χ1n) is 5.24. The Bertz CT molecular complexity index is 178. The van der Waals surface area contributed by atoms with E-state index in [2.05, 4.69) is 11.9 Å². The van der Waals surface area contributed by atoms with Gasteiger partial charge in [-0.25, -0.2) is 0 Å². The maximum absolute atomic E-state index is 11.7. The van der Waals surface area contributed by atoms with Gasteiger partial charge in [-0.2, -0.15) is 0 Å². The van der Waals surface area contributed by atoms with Crippen molar-refractivity contribution in [3.8, 4) is 0 Å². The van der Waals surface area contributed by atoms with E-state index in [1.165, 1.54) is 0 Å². The quantitative estimate of drug-likeness (QED) is 0.495. The summed E-state index contributed by atoms with van der Waals surface area (Å²) in [4.78, 5) is 13.5. The highest BCUT2D eigenvalue weighted by atomic mass is 16.2. The Hall–Kier alpha value is -0.830. The van der Waals surface area contributed by atoms with Gasteiger partial charge in [-0.15, -0.1) is 6.58 Å². The van der Waals surface area contributed by atoms with E-state index >= 15 is 0 Å². The lowest BCUT2D eigenvalue weighted by Gasteiger charge is -2.25. The van der Waals surface area contributed by atoms with Crippen LogP contribution in [0.15, 0.2) is 12.7 Å². The molecular formula is C11H22N2O. The molecule has 0 radical (unpaired) electrons. The number of hydrogen-bond acceptors (Lipinski definition) is 2. The summed E-state index contributed by atoms with van der Waals surface area (Å²) in [5, 5.41) is 3.14. The lowest BCUT2D eigenvalue weighted by atomic mass is 10.2. The van der Waals surface area contributed by atoms with Crippen LogP contribution >= 0.6 is 0 Å². The summed E-state index contributed by atoms with van der Waals surface area (Å²) in [5.41, 5.74) is 0. The van der Waals surface area contributed by atoms with Gasteiger partial charge in [-0.05, 0) is 20.4 Å². The molecule has 3 nitrogen and oxygen atoms in total. The molecule has 3 heteroatoms. The second kappa shape index (κ2) is 7.56. The third-order valence-electron chi connectivity index (χ3n) is 2.04. The van der Waals surface area contributed by atoms with E-state index in [9.17, 15) is 4.79 Å². The minimum atomic E-state index is 0.195. The molecule has 0 unspecified atom stereocenters. The zero-order valence-electron chi connectivity index (χ0n) is 9.55. The Morgan fingerprint density at radius 2 is 2.21 bits per heavy atom. The third-order valence-corrected chi connectivity index (χ3v) is 2.04. The van der Waals surface area contributed by atoms with E-state index in [4.69, 9.17) is 0 Å². The lowest BCUT2D eigenvalue weighted by Crippen LogP contribution is -2.38. The first-order chi connectivity index (χ1) is 6.63. The topological polar surface area (TPSA) is 32.3 Å². The Morgan fingerprint density at radius 3 is 2.64 bits per heavy atom. The minimum Gasteiger partial charge on any atom is -0.337 e. The number of rotatable bonds is 7. The van der Waals surface area contributed by atoms with Gasteiger partial charge in [-0.1, -0.05) is 13.0 Å². The number of amides is 1. The van der Waals surface area contributed by atoms with Crippen LogP contribution in [0.2, 0.25) is 0 Å². The summed E-state index contributed by atoms with van der Waals surface area (Å²) >= 11 is 0. The number of carbonyl (C=O) groups excluding carboxylic acids is 1. The summed E-state index contributed by atoms with van der Waals surface area (Å²) in [7, 11) is 0. The van der Waals surface area contributed by atoms with Crippen molar-refractivity contribution in [1.82, 2.24) is 10.2 Å². The summed E-state index contributed by atoms with van der Waals surface area (Å²) in [6.07, 6.45) is 2.34. The van der Waals surface area contributed by atoms with E-state index in [1.807, 2.05) is 25.7 Å². The van der Waals surface area contributed by atoms with Gasteiger partial charge < -0.3 is 10.2 Å². The second-order valence-electron chi connectivity index (χ2n) is 3.53. The first kappa shape index (κ1) is 13.2. The van der Waals surface area contributed by atoms with Crippen LogP contribution in [0.25, 0.3) is 0 Å². The van der Waals surface area contributed by atoms with Crippen LogP contribution in [0.5, 0.6) is 0 Å². The summed E-state index contributed by atoms with van der Waals surface area (Å²) in [5.74, 6) is 0.195. The van der Waals surface area contributed by atoms with Crippen molar-refractivity contribution in [2.45, 2.75) is 33.2 Å². The molecule has 0 fully saturated rings. The SMILES string of the molecule is C=CCN(C(=O)CCNCC)C(C)C. The highest BCUT2D eigenvalue weighted by Gasteiger charge is 2.14. The van der Waals surface area contributed by atoms with Gasteiger partial charge in [0.1, 0.15) is 0 Å². The second-order valence-corrected chi connectivity index (χ2v) is 3.53. The molecule has 0 atom stereocenters. The van der Waals surface area contributed by atoms with Gasteiger partial charge >= 0.3 is 0 Å². The molecule has 0 aliphatic rings. The van der Waals surface area contributed by atoms with Crippen LogP contribution in [0.3, 0.4) is 0 Å². The molecule has 0 aliphatic heterocycles. The first-order valence-corrected chi connectivity index (χ1v) is 5.24. The molecule has 0 saturated heterocycles. The summed E-state index contributed by atoms with van der Waals surface area (Å²) in [6, 6.07) is 0.252. The number of nitrogens with one attached hydrogen (secondary N) is 1. The van der Waals surface area contributed by atoms with Crippen molar-refractivity contribution in [2.24, 2.45) is 0 Å². The molecule has 0 aliphatic carbocycles. The van der Waals surface area contributed by atoms with Crippen molar-refractivity contribution in [2.75, 3.05) is 19.6 Å². The van der Waals surface area contributed by atoms with Gasteiger partial charge in [0.05, 0.1) is 0 Å². The molecule has 1 N–H and O–H groups in total. The highest BCUT2D eigenvalue weighted by molar-refractivity contribution is 5.76. The molecule has 82 valence electrons. The smallest absolute Gasteiger partial charge is 0.224 e. The van der Waals surface area contributed by atoms with Gasteiger partial charge in [0.25, 0.3) is 0 Å². The van der Waals surface area contributed by atoms with Crippen molar-refractivity contribution in [1.29, 1.82) is 0 Å². The Morgan fingerprint density at radius 1 is 1.57 bits per heavy atom. The van der Waals surface area contributed by atoms with Crippen LogP contribution < -0.4 is 5.32 Å². The zero-order valence-corrected chi connectivity index (χ0v) is 9.55. The Balaban J connectivity index is 3.95. The molecule has 0 aromatic rings. The predicted octanol–water partition coefficient (Wildman–Crippen LogP) is 1.41. The lowest BCUT2D eigenvalue weighted by molar-refractivity contribution is -0.132. The van der Waals surface area contributed by atoms with E-state index < -0.39 is 0 Å². The molecule has 0 rings (SSSR count).